The minimum Gasteiger partial charge on any atom is -0.507 e. The number of aromatic nitrogens is 2. The fraction of sp³-hybridized carbons (Fsp3) is 0.318. The molecular weight excluding hydrogens is 384 g/mol. The summed E-state index contributed by atoms with van der Waals surface area (Å²) in [5, 5.41) is 20.7. The predicted octanol–water partition coefficient (Wildman–Crippen LogP) is 4.09. The first kappa shape index (κ1) is 18.5. The van der Waals surface area contributed by atoms with Crippen LogP contribution in [-0.2, 0) is 0 Å². The average molecular weight is 406 g/mol. The highest BCUT2D eigenvalue weighted by Crippen LogP contribution is 2.39. The fourth-order valence-corrected chi connectivity index (χ4v) is 3.57. The number of benzene rings is 1. The van der Waals surface area contributed by atoms with E-state index in [1.54, 1.807) is 24.3 Å². The van der Waals surface area contributed by atoms with E-state index in [1.807, 2.05) is 6.07 Å². The Morgan fingerprint density at radius 1 is 1.13 bits per heavy atom. The molecule has 2 heterocycles. The van der Waals surface area contributed by atoms with E-state index in [4.69, 9.17) is 4.42 Å². The van der Waals surface area contributed by atoms with E-state index in [0.717, 1.165) is 37.8 Å². The number of phenols is 1. The van der Waals surface area contributed by atoms with Gasteiger partial charge in [-0.2, -0.15) is 9.78 Å². The molecule has 3 aromatic rings. The van der Waals surface area contributed by atoms with Gasteiger partial charge in [0.05, 0.1) is 17.7 Å². The zero-order chi connectivity index (χ0) is 20.7. The number of anilines is 1. The molecule has 8 nitrogen and oxygen atoms in total. The summed E-state index contributed by atoms with van der Waals surface area (Å²) in [7, 11) is 0. The minimum atomic E-state index is -0.402. The molecule has 0 unspecified atom stereocenters. The summed E-state index contributed by atoms with van der Waals surface area (Å²) in [6.45, 7) is 0. The number of carbonyl (C=O) groups is 2. The van der Waals surface area contributed by atoms with Crippen molar-refractivity contribution in [1.29, 1.82) is 0 Å². The first-order valence-corrected chi connectivity index (χ1v) is 10.2. The summed E-state index contributed by atoms with van der Waals surface area (Å²) in [5.74, 6) is 0.0643. The quantitative estimate of drug-likeness (QED) is 0.591. The van der Waals surface area contributed by atoms with Crippen LogP contribution in [0.1, 0.15) is 54.3 Å². The Labute approximate surface area is 172 Å². The van der Waals surface area contributed by atoms with Crippen molar-refractivity contribution in [1.82, 2.24) is 15.1 Å². The third-order valence-electron chi connectivity index (χ3n) is 5.63. The maximum atomic E-state index is 12.6. The molecule has 0 spiro atoms. The third kappa shape index (κ3) is 3.56. The summed E-state index contributed by atoms with van der Waals surface area (Å²) < 4.78 is 6.52. The average Bonchev–Trinajstić information content (AvgIpc) is 3.16. The van der Waals surface area contributed by atoms with Crippen LogP contribution in [0, 0.1) is 0 Å². The Morgan fingerprint density at radius 2 is 1.97 bits per heavy atom. The van der Waals surface area contributed by atoms with Crippen molar-refractivity contribution in [3.05, 3.63) is 54.1 Å². The Morgan fingerprint density at radius 3 is 2.60 bits per heavy atom. The standard InChI is InChI=1S/C22H22N4O4/c27-19-11-15(23-21(28)20-5-2-10-30-20)8-9-16(19)17-12-18(13-3-1-4-13)26(25-17)22(29)24-14-6-7-14/h2,5,8-14,27H,1,3-4,6-7H2,(H,23,28)(H,24,29). The van der Waals surface area contributed by atoms with Gasteiger partial charge in [-0.3, -0.25) is 4.79 Å². The van der Waals surface area contributed by atoms with Crippen molar-refractivity contribution < 1.29 is 19.1 Å². The number of hydrogen-bond acceptors (Lipinski definition) is 5. The van der Waals surface area contributed by atoms with Crippen LogP contribution in [0.5, 0.6) is 5.75 Å². The van der Waals surface area contributed by atoms with Crippen LogP contribution in [0.4, 0.5) is 10.5 Å². The predicted molar refractivity (Wildman–Crippen MR) is 110 cm³/mol. The minimum absolute atomic E-state index is 0.0281. The molecule has 2 fully saturated rings. The van der Waals surface area contributed by atoms with Gasteiger partial charge in [0, 0.05) is 29.3 Å². The van der Waals surface area contributed by atoms with Gasteiger partial charge in [0.1, 0.15) is 5.75 Å². The summed E-state index contributed by atoms with van der Waals surface area (Å²) in [6, 6.07) is 9.92. The van der Waals surface area contributed by atoms with Crippen molar-refractivity contribution in [2.45, 2.75) is 44.1 Å². The van der Waals surface area contributed by atoms with Gasteiger partial charge in [-0.15, -0.1) is 0 Å². The number of nitrogens with zero attached hydrogens (tertiary/aromatic N) is 2. The highest BCUT2D eigenvalue weighted by atomic mass is 16.3. The first-order valence-electron chi connectivity index (χ1n) is 10.2. The van der Waals surface area contributed by atoms with E-state index < -0.39 is 5.91 Å². The molecule has 154 valence electrons. The molecule has 0 saturated heterocycles. The zero-order valence-electron chi connectivity index (χ0n) is 16.3. The highest BCUT2D eigenvalue weighted by Gasteiger charge is 2.30. The molecule has 2 saturated carbocycles. The number of carbonyl (C=O) groups excluding carboxylic acids is 2. The van der Waals surface area contributed by atoms with E-state index in [-0.39, 0.29) is 23.6 Å². The molecule has 2 aliphatic rings. The van der Waals surface area contributed by atoms with Crippen molar-refractivity contribution in [3.8, 4) is 17.0 Å². The van der Waals surface area contributed by atoms with Crippen molar-refractivity contribution in [2.24, 2.45) is 0 Å². The Balaban J connectivity index is 1.41. The first-order chi connectivity index (χ1) is 14.6. The van der Waals surface area contributed by atoms with Crippen LogP contribution in [0.15, 0.2) is 47.1 Å². The molecule has 2 aromatic heterocycles. The van der Waals surface area contributed by atoms with Gasteiger partial charge in [-0.25, -0.2) is 4.79 Å². The monoisotopic (exact) mass is 406 g/mol. The lowest BCUT2D eigenvalue weighted by atomic mass is 9.82. The normalized spacial score (nSPS) is 16.1. The van der Waals surface area contributed by atoms with Crippen LogP contribution in [0.25, 0.3) is 11.3 Å². The number of furan rings is 1. The zero-order valence-corrected chi connectivity index (χ0v) is 16.3. The number of rotatable bonds is 5. The van der Waals surface area contributed by atoms with E-state index in [0.29, 0.717) is 22.9 Å². The highest BCUT2D eigenvalue weighted by molar-refractivity contribution is 6.02. The summed E-state index contributed by atoms with van der Waals surface area (Å²) in [4.78, 5) is 24.8. The molecule has 0 aliphatic heterocycles. The summed E-state index contributed by atoms with van der Waals surface area (Å²) in [5.41, 5.74) is 2.35. The molecule has 0 radical (unpaired) electrons. The summed E-state index contributed by atoms with van der Waals surface area (Å²) >= 11 is 0. The van der Waals surface area contributed by atoms with E-state index in [9.17, 15) is 14.7 Å². The Hall–Kier alpha value is -3.55. The van der Waals surface area contributed by atoms with Gasteiger partial charge in [-0.05, 0) is 56.0 Å². The molecule has 5 rings (SSSR count). The number of hydrogen-bond donors (Lipinski definition) is 3. The molecule has 1 aromatic carbocycles. The lowest BCUT2D eigenvalue weighted by Gasteiger charge is -2.25. The molecule has 0 bridgehead atoms. The molecule has 3 N–H and O–H groups in total. The van der Waals surface area contributed by atoms with Gasteiger partial charge in [0.25, 0.3) is 5.91 Å². The molecule has 2 amide bonds. The molecule has 2 aliphatic carbocycles. The van der Waals surface area contributed by atoms with Crippen LogP contribution < -0.4 is 10.6 Å². The van der Waals surface area contributed by atoms with Crippen LogP contribution in [-0.4, -0.2) is 32.9 Å². The van der Waals surface area contributed by atoms with Crippen LogP contribution in [0.2, 0.25) is 0 Å². The molecule has 30 heavy (non-hydrogen) atoms. The summed E-state index contributed by atoms with van der Waals surface area (Å²) in [6.07, 6.45) is 6.64. The van der Waals surface area contributed by atoms with E-state index in [1.165, 1.54) is 17.0 Å². The topological polar surface area (TPSA) is 109 Å². The lowest BCUT2D eigenvalue weighted by molar-refractivity contribution is 0.0996. The second-order valence-electron chi connectivity index (χ2n) is 7.88. The lowest BCUT2D eigenvalue weighted by Crippen LogP contribution is -2.33. The van der Waals surface area contributed by atoms with Gasteiger partial charge in [0.15, 0.2) is 5.76 Å². The molecule has 8 heteroatoms. The SMILES string of the molecule is O=C(Nc1ccc(-c2cc(C3CCC3)n(C(=O)NC3CC3)n2)c(O)c1)c1ccco1. The Bertz CT molecular complexity index is 1090. The number of phenolic OH excluding ortho intramolecular Hbond substituents is 1. The third-order valence-corrected chi connectivity index (χ3v) is 5.63. The number of amides is 2. The second kappa shape index (κ2) is 7.37. The van der Waals surface area contributed by atoms with E-state index >= 15 is 0 Å². The van der Waals surface area contributed by atoms with Crippen LogP contribution in [0.3, 0.4) is 0 Å². The van der Waals surface area contributed by atoms with Crippen molar-refractivity contribution in [3.63, 3.8) is 0 Å². The fourth-order valence-electron chi connectivity index (χ4n) is 3.57. The van der Waals surface area contributed by atoms with Gasteiger partial charge < -0.3 is 20.2 Å². The van der Waals surface area contributed by atoms with Crippen molar-refractivity contribution >= 4 is 17.6 Å². The maximum absolute atomic E-state index is 12.6. The maximum Gasteiger partial charge on any atom is 0.342 e. The molecule has 0 atom stereocenters. The van der Waals surface area contributed by atoms with Crippen LogP contribution >= 0.6 is 0 Å². The van der Waals surface area contributed by atoms with Gasteiger partial charge in [-0.1, -0.05) is 6.42 Å². The number of aromatic hydroxyl groups is 1. The second-order valence-corrected chi connectivity index (χ2v) is 7.88. The Kier molecular flexibility index (Phi) is 4.54. The largest absolute Gasteiger partial charge is 0.507 e. The number of nitrogens with one attached hydrogen (secondary N) is 2. The van der Waals surface area contributed by atoms with Crippen molar-refractivity contribution in [2.75, 3.05) is 5.32 Å². The molecular formula is C22H22N4O4. The van der Waals surface area contributed by atoms with Gasteiger partial charge in [0.2, 0.25) is 0 Å². The smallest absolute Gasteiger partial charge is 0.342 e. The van der Waals surface area contributed by atoms with E-state index in [2.05, 4.69) is 15.7 Å². The van der Waals surface area contributed by atoms with Gasteiger partial charge >= 0.3 is 6.03 Å².